The molecule has 0 bridgehead atoms. The van der Waals surface area contributed by atoms with Crippen LogP contribution in [0.2, 0.25) is 0 Å². The molecule has 2 rings (SSSR count). The monoisotopic (exact) mass is 163 g/mol. The van der Waals surface area contributed by atoms with Gasteiger partial charge < -0.3 is 10.1 Å². The average molecular weight is 164 g/mol. The van der Waals surface area contributed by atoms with E-state index >= 15 is 0 Å². The number of rotatable bonds is 1. The number of nitrogens with one attached hydrogen (secondary N) is 1. The molecule has 60 valence electrons. The second-order valence-corrected chi connectivity index (χ2v) is 2.97. The quantitative estimate of drug-likeness (QED) is 0.618. The summed E-state index contributed by atoms with van der Waals surface area (Å²) in [5.41, 5.74) is 0. The number of hydrogen-bond acceptors (Lipinski definition) is 2. The molecule has 1 saturated carbocycles. The Morgan fingerprint density at radius 1 is 1.30 bits per heavy atom. The van der Waals surface area contributed by atoms with Crippen molar-refractivity contribution in [2.45, 2.75) is 18.9 Å². The van der Waals surface area contributed by atoms with Crippen LogP contribution in [0.3, 0.4) is 0 Å². The Morgan fingerprint density at radius 2 is 2.10 bits per heavy atom. The smallest absolute Gasteiger partial charge is 0.0622 e. The van der Waals surface area contributed by atoms with Gasteiger partial charge >= 0.3 is 0 Å². The van der Waals surface area contributed by atoms with Crippen molar-refractivity contribution < 1.29 is 4.74 Å². The fourth-order valence-electron chi connectivity index (χ4n) is 1.39. The summed E-state index contributed by atoms with van der Waals surface area (Å²) in [6.45, 7) is 2.91. The molecule has 2 aliphatic rings. The van der Waals surface area contributed by atoms with E-state index in [0.717, 1.165) is 25.7 Å². The van der Waals surface area contributed by atoms with E-state index in [-0.39, 0.29) is 12.4 Å². The van der Waals surface area contributed by atoms with Gasteiger partial charge in [0, 0.05) is 12.6 Å². The SMILES string of the molecule is C1COCC(C2CC2)N1.Cl. The van der Waals surface area contributed by atoms with Crippen molar-refractivity contribution in [2.24, 2.45) is 5.92 Å². The van der Waals surface area contributed by atoms with Crippen LogP contribution in [0, 0.1) is 5.92 Å². The standard InChI is InChI=1S/C7H13NO.ClH/c1-2-6(1)7-5-9-4-3-8-7;/h6-8H,1-5H2;1H. The third-order valence-electron chi connectivity index (χ3n) is 2.14. The third kappa shape index (κ3) is 1.84. The molecule has 1 aliphatic heterocycles. The molecule has 1 atom stereocenters. The second kappa shape index (κ2) is 3.56. The topological polar surface area (TPSA) is 21.3 Å². The molecule has 0 radical (unpaired) electrons. The van der Waals surface area contributed by atoms with Gasteiger partial charge in [0.2, 0.25) is 0 Å². The zero-order valence-corrected chi connectivity index (χ0v) is 6.82. The van der Waals surface area contributed by atoms with Crippen LogP contribution < -0.4 is 5.32 Å². The molecule has 1 aliphatic carbocycles. The summed E-state index contributed by atoms with van der Waals surface area (Å²) in [5.74, 6) is 0.949. The van der Waals surface area contributed by atoms with Crippen LogP contribution in [0.25, 0.3) is 0 Å². The lowest BCUT2D eigenvalue weighted by atomic mass is 10.2. The Kier molecular flexibility index (Phi) is 2.96. The maximum Gasteiger partial charge on any atom is 0.0622 e. The van der Waals surface area contributed by atoms with Gasteiger partial charge in [-0.3, -0.25) is 0 Å². The predicted octanol–water partition coefficient (Wildman–Crippen LogP) is 0.807. The van der Waals surface area contributed by atoms with Gasteiger partial charge in [-0.1, -0.05) is 0 Å². The van der Waals surface area contributed by atoms with E-state index in [2.05, 4.69) is 5.32 Å². The second-order valence-electron chi connectivity index (χ2n) is 2.97. The summed E-state index contributed by atoms with van der Waals surface area (Å²) < 4.78 is 5.32. The molecule has 2 nitrogen and oxygen atoms in total. The molecule has 1 unspecified atom stereocenters. The van der Waals surface area contributed by atoms with Crippen molar-refractivity contribution in [3.63, 3.8) is 0 Å². The van der Waals surface area contributed by atoms with Gasteiger partial charge in [-0.25, -0.2) is 0 Å². The molecular formula is C7H14ClNO. The third-order valence-corrected chi connectivity index (χ3v) is 2.14. The minimum absolute atomic E-state index is 0. The summed E-state index contributed by atoms with van der Waals surface area (Å²) in [4.78, 5) is 0. The lowest BCUT2D eigenvalue weighted by Crippen LogP contribution is -2.42. The highest BCUT2D eigenvalue weighted by Gasteiger charge is 2.31. The predicted molar refractivity (Wildman–Crippen MR) is 42.6 cm³/mol. The van der Waals surface area contributed by atoms with E-state index in [9.17, 15) is 0 Å². The molecule has 1 N–H and O–H groups in total. The van der Waals surface area contributed by atoms with Gasteiger partial charge in [-0.15, -0.1) is 12.4 Å². The maximum absolute atomic E-state index is 5.32. The Labute approximate surface area is 67.7 Å². The number of ether oxygens (including phenoxy) is 1. The van der Waals surface area contributed by atoms with Crippen LogP contribution in [0.5, 0.6) is 0 Å². The van der Waals surface area contributed by atoms with Crippen LogP contribution in [0.1, 0.15) is 12.8 Å². The molecule has 2 fully saturated rings. The van der Waals surface area contributed by atoms with E-state index in [0.29, 0.717) is 6.04 Å². The molecule has 0 spiro atoms. The highest BCUT2D eigenvalue weighted by molar-refractivity contribution is 5.85. The molecule has 10 heavy (non-hydrogen) atoms. The average Bonchev–Trinajstić information content (AvgIpc) is 2.71. The van der Waals surface area contributed by atoms with E-state index in [1.165, 1.54) is 12.8 Å². The fraction of sp³-hybridized carbons (Fsp3) is 1.00. The van der Waals surface area contributed by atoms with Gasteiger partial charge in [0.05, 0.1) is 13.2 Å². The minimum Gasteiger partial charge on any atom is -0.379 e. The van der Waals surface area contributed by atoms with Crippen molar-refractivity contribution in [1.29, 1.82) is 0 Å². The summed E-state index contributed by atoms with van der Waals surface area (Å²) in [6.07, 6.45) is 2.84. The minimum atomic E-state index is 0. The van der Waals surface area contributed by atoms with Crippen LogP contribution >= 0.6 is 12.4 Å². The van der Waals surface area contributed by atoms with Crippen molar-refractivity contribution in [1.82, 2.24) is 5.32 Å². The largest absolute Gasteiger partial charge is 0.379 e. The van der Waals surface area contributed by atoms with Crippen molar-refractivity contribution >= 4 is 12.4 Å². The molecule has 1 saturated heterocycles. The lowest BCUT2D eigenvalue weighted by molar-refractivity contribution is 0.0701. The van der Waals surface area contributed by atoms with Crippen LogP contribution in [-0.4, -0.2) is 25.8 Å². The molecule has 0 aromatic heterocycles. The summed E-state index contributed by atoms with van der Waals surface area (Å²) in [7, 11) is 0. The molecular weight excluding hydrogens is 150 g/mol. The normalized spacial score (nSPS) is 33.0. The van der Waals surface area contributed by atoms with E-state index in [1.54, 1.807) is 0 Å². The zero-order valence-electron chi connectivity index (χ0n) is 6.01. The maximum atomic E-state index is 5.32. The van der Waals surface area contributed by atoms with E-state index in [4.69, 9.17) is 4.74 Å². The summed E-state index contributed by atoms with van der Waals surface area (Å²) in [6, 6.07) is 0.693. The zero-order chi connectivity index (χ0) is 6.10. The molecule has 0 aromatic rings. The number of hydrogen-bond donors (Lipinski definition) is 1. The highest BCUT2D eigenvalue weighted by atomic mass is 35.5. The van der Waals surface area contributed by atoms with Gasteiger partial charge in [0.15, 0.2) is 0 Å². The Hall–Kier alpha value is 0.210. The summed E-state index contributed by atoms with van der Waals surface area (Å²) >= 11 is 0. The van der Waals surface area contributed by atoms with Gasteiger partial charge in [-0.2, -0.15) is 0 Å². The fourth-order valence-corrected chi connectivity index (χ4v) is 1.39. The van der Waals surface area contributed by atoms with Crippen LogP contribution in [0.15, 0.2) is 0 Å². The molecule has 1 heterocycles. The van der Waals surface area contributed by atoms with E-state index in [1.807, 2.05) is 0 Å². The highest BCUT2D eigenvalue weighted by Crippen LogP contribution is 2.33. The lowest BCUT2D eigenvalue weighted by Gasteiger charge is -2.23. The van der Waals surface area contributed by atoms with Crippen molar-refractivity contribution in [3.8, 4) is 0 Å². The Morgan fingerprint density at radius 3 is 2.60 bits per heavy atom. The van der Waals surface area contributed by atoms with Crippen LogP contribution in [0.4, 0.5) is 0 Å². The van der Waals surface area contributed by atoms with Crippen LogP contribution in [-0.2, 0) is 4.74 Å². The Balaban J connectivity index is 0.000000500. The van der Waals surface area contributed by atoms with Gasteiger partial charge in [0.1, 0.15) is 0 Å². The van der Waals surface area contributed by atoms with Gasteiger partial charge in [0.25, 0.3) is 0 Å². The van der Waals surface area contributed by atoms with Crippen molar-refractivity contribution in [3.05, 3.63) is 0 Å². The number of halogens is 1. The first-order valence-corrected chi connectivity index (χ1v) is 3.78. The number of morpholine rings is 1. The molecule has 0 aromatic carbocycles. The Bertz CT molecular complexity index is 99.8. The molecule has 3 heteroatoms. The first-order chi connectivity index (χ1) is 4.47. The van der Waals surface area contributed by atoms with E-state index < -0.39 is 0 Å². The molecule has 0 amide bonds. The van der Waals surface area contributed by atoms with Crippen molar-refractivity contribution in [2.75, 3.05) is 19.8 Å². The van der Waals surface area contributed by atoms with Gasteiger partial charge in [-0.05, 0) is 18.8 Å². The summed E-state index contributed by atoms with van der Waals surface area (Å²) in [5, 5.41) is 3.46. The first kappa shape index (κ1) is 8.31. The first-order valence-electron chi connectivity index (χ1n) is 3.78.